The first-order valence-electron chi connectivity index (χ1n) is 9.40. The molecule has 0 radical (unpaired) electrons. The summed E-state index contributed by atoms with van der Waals surface area (Å²) in [5.41, 5.74) is 0. The molecule has 0 aliphatic carbocycles. The van der Waals surface area contributed by atoms with E-state index in [4.69, 9.17) is 23.3 Å². The highest BCUT2D eigenvalue weighted by atomic mass is 31.2. The van der Waals surface area contributed by atoms with E-state index < -0.39 is 32.1 Å². The molecular formula is C18H35O8P. The van der Waals surface area contributed by atoms with E-state index >= 15 is 0 Å². The first-order valence-corrected chi connectivity index (χ1v) is 11.1. The van der Waals surface area contributed by atoms with Crippen molar-refractivity contribution >= 4 is 19.5 Å². The molecular weight excluding hydrogens is 375 g/mol. The number of hydrogen-bond donors (Lipinski definition) is 0. The van der Waals surface area contributed by atoms with Crippen LogP contribution in [0.2, 0.25) is 0 Å². The zero-order valence-corrected chi connectivity index (χ0v) is 18.6. The van der Waals surface area contributed by atoms with Crippen molar-refractivity contribution in [3.05, 3.63) is 0 Å². The van der Waals surface area contributed by atoms with Gasteiger partial charge in [-0.1, -0.05) is 41.5 Å². The Bertz CT molecular complexity index is 468. The third-order valence-electron chi connectivity index (χ3n) is 3.26. The van der Waals surface area contributed by atoms with Gasteiger partial charge in [0.05, 0.1) is 6.10 Å². The van der Waals surface area contributed by atoms with Gasteiger partial charge in [-0.25, -0.2) is 0 Å². The van der Waals surface area contributed by atoms with Crippen LogP contribution in [0.5, 0.6) is 0 Å². The molecule has 0 amide bonds. The molecule has 0 rings (SSSR count). The molecule has 8 nitrogen and oxygen atoms in total. The first kappa shape index (κ1) is 26.1. The average molecular weight is 410 g/mol. The molecule has 0 aliphatic rings. The minimum Gasteiger partial charge on any atom is -0.435 e. The predicted octanol–water partition coefficient (Wildman–Crippen LogP) is 4.47. The molecule has 0 saturated carbocycles. The van der Waals surface area contributed by atoms with Crippen LogP contribution in [-0.2, 0) is 37.4 Å². The van der Waals surface area contributed by atoms with Crippen LogP contribution < -0.4 is 0 Å². The van der Waals surface area contributed by atoms with Crippen LogP contribution >= 0.6 is 7.60 Å². The van der Waals surface area contributed by atoms with Gasteiger partial charge in [-0.15, -0.1) is 0 Å². The Labute approximate surface area is 162 Å². The summed E-state index contributed by atoms with van der Waals surface area (Å²) in [4.78, 5) is 23.3. The highest BCUT2D eigenvalue weighted by Gasteiger charge is 2.37. The monoisotopic (exact) mass is 410 g/mol. The fourth-order valence-electron chi connectivity index (χ4n) is 1.63. The average Bonchev–Trinajstić information content (AvgIpc) is 2.58. The quantitative estimate of drug-likeness (QED) is 0.249. The smallest absolute Gasteiger partial charge is 0.362 e. The summed E-state index contributed by atoms with van der Waals surface area (Å²) < 4.78 is 40.4. The number of carbonyl (C=O) groups excluding carboxylic acids is 2. The second-order valence-electron chi connectivity index (χ2n) is 7.08. The van der Waals surface area contributed by atoms with E-state index in [1.54, 1.807) is 55.4 Å². The van der Waals surface area contributed by atoms with Gasteiger partial charge >= 0.3 is 19.5 Å². The van der Waals surface area contributed by atoms with E-state index in [-0.39, 0.29) is 37.1 Å². The van der Waals surface area contributed by atoms with Gasteiger partial charge in [0.15, 0.2) is 0 Å². The topological polar surface area (TPSA) is 97.4 Å². The maximum Gasteiger partial charge on any atom is 0.362 e. The molecule has 0 saturated heterocycles. The molecule has 0 aromatic heterocycles. The first-order chi connectivity index (χ1) is 12.4. The number of hydrogen-bond acceptors (Lipinski definition) is 8. The molecule has 0 N–H and O–H groups in total. The zero-order valence-electron chi connectivity index (χ0n) is 17.7. The molecule has 27 heavy (non-hydrogen) atoms. The molecule has 0 spiro atoms. The van der Waals surface area contributed by atoms with E-state index in [0.717, 1.165) is 0 Å². The fraction of sp³-hybridized carbons (Fsp3) is 0.889. The Balaban J connectivity index is 5.49. The third kappa shape index (κ3) is 10.8. The van der Waals surface area contributed by atoms with Gasteiger partial charge in [0.25, 0.3) is 0 Å². The van der Waals surface area contributed by atoms with Crippen molar-refractivity contribution in [1.29, 1.82) is 0 Å². The molecule has 0 aromatic carbocycles. The van der Waals surface area contributed by atoms with Gasteiger partial charge in [-0.2, -0.15) is 0 Å². The Morgan fingerprint density at radius 2 is 1.15 bits per heavy atom. The fourth-order valence-corrected chi connectivity index (χ4v) is 3.49. The summed E-state index contributed by atoms with van der Waals surface area (Å²) in [6, 6.07) is 0. The molecule has 0 heterocycles. The van der Waals surface area contributed by atoms with Gasteiger partial charge in [0.2, 0.25) is 12.6 Å². The summed E-state index contributed by atoms with van der Waals surface area (Å²) in [7, 11) is -3.90. The predicted molar refractivity (Wildman–Crippen MR) is 101 cm³/mol. The normalized spacial score (nSPS) is 16.3. The van der Waals surface area contributed by atoms with Gasteiger partial charge in [-0.05, 0) is 13.8 Å². The van der Waals surface area contributed by atoms with Crippen molar-refractivity contribution in [1.82, 2.24) is 0 Å². The van der Waals surface area contributed by atoms with Crippen molar-refractivity contribution in [3.8, 4) is 0 Å². The van der Waals surface area contributed by atoms with Crippen molar-refractivity contribution in [2.45, 2.75) is 86.9 Å². The molecule has 0 fully saturated rings. The molecule has 0 aliphatic heterocycles. The molecule has 2 unspecified atom stereocenters. The zero-order chi connectivity index (χ0) is 21.2. The lowest BCUT2D eigenvalue weighted by molar-refractivity contribution is -0.179. The van der Waals surface area contributed by atoms with Crippen LogP contribution in [0.1, 0.15) is 68.2 Å². The van der Waals surface area contributed by atoms with E-state index in [0.29, 0.717) is 0 Å². The summed E-state index contributed by atoms with van der Waals surface area (Å²) in [5.74, 6) is -1.51. The van der Waals surface area contributed by atoms with Gasteiger partial charge < -0.3 is 14.2 Å². The maximum absolute atomic E-state index is 13.3. The van der Waals surface area contributed by atoms with E-state index in [9.17, 15) is 14.2 Å². The second-order valence-corrected chi connectivity index (χ2v) is 8.98. The summed E-state index contributed by atoms with van der Waals surface area (Å²) in [6.45, 7) is 13.9. The number of rotatable bonds is 13. The SMILES string of the molecule is CCC(=O)OC(OP(=O)(COC(C)C)OC(OC(=O)CC)C(C)C)C(C)C. The maximum atomic E-state index is 13.3. The molecule has 160 valence electrons. The van der Waals surface area contributed by atoms with Crippen LogP contribution in [0.3, 0.4) is 0 Å². The lowest BCUT2D eigenvalue weighted by Gasteiger charge is -2.30. The molecule has 0 bridgehead atoms. The molecule has 9 heteroatoms. The van der Waals surface area contributed by atoms with Crippen molar-refractivity contribution in [2.24, 2.45) is 11.8 Å². The Morgan fingerprint density at radius 3 is 1.41 bits per heavy atom. The highest BCUT2D eigenvalue weighted by molar-refractivity contribution is 7.53. The Kier molecular flexibility index (Phi) is 12.1. The Hall–Kier alpha value is -0.950. The standard InChI is InChI=1S/C18H35O8P/c1-9-15(19)23-17(12(3)4)25-27(21,11-22-14(7)8)26-18(13(5)6)24-16(20)10-2/h12-14,17-18H,9-11H2,1-8H3. The van der Waals surface area contributed by atoms with Gasteiger partial charge in [-0.3, -0.25) is 23.2 Å². The second kappa shape index (κ2) is 12.5. The lowest BCUT2D eigenvalue weighted by atomic mass is 10.2. The molecule has 0 aromatic rings. The van der Waals surface area contributed by atoms with E-state index in [2.05, 4.69) is 0 Å². The molecule has 2 atom stereocenters. The van der Waals surface area contributed by atoms with Gasteiger partial charge in [0.1, 0.15) is 6.35 Å². The van der Waals surface area contributed by atoms with Crippen molar-refractivity contribution < 1.29 is 37.4 Å². The largest absolute Gasteiger partial charge is 0.435 e. The van der Waals surface area contributed by atoms with Crippen LogP contribution in [0.15, 0.2) is 0 Å². The summed E-state index contributed by atoms with van der Waals surface area (Å²) in [6.07, 6.45) is -2.42. The minimum absolute atomic E-state index is 0.156. The van der Waals surface area contributed by atoms with E-state index in [1.165, 1.54) is 0 Å². The van der Waals surface area contributed by atoms with Crippen LogP contribution in [0.4, 0.5) is 0 Å². The highest BCUT2D eigenvalue weighted by Crippen LogP contribution is 2.52. The van der Waals surface area contributed by atoms with E-state index in [1.807, 2.05) is 0 Å². The minimum atomic E-state index is -3.90. The third-order valence-corrected chi connectivity index (χ3v) is 4.78. The van der Waals surface area contributed by atoms with Crippen LogP contribution in [0.25, 0.3) is 0 Å². The summed E-state index contributed by atoms with van der Waals surface area (Å²) in [5, 5.41) is 0. The number of carbonyl (C=O) groups is 2. The lowest BCUT2D eigenvalue weighted by Crippen LogP contribution is -2.30. The van der Waals surface area contributed by atoms with Crippen LogP contribution in [0, 0.1) is 11.8 Å². The number of ether oxygens (including phenoxy) is 3. The Morgan fingerprint density at radius 1 is 0.778 bits per heavy atom. The van der Waals surface area contributed by atoms with Crippen LogP contribution in [-0.4, -0.2) is 37.0 Å². The van der Waals surface area contributed by atoms with Crippen molar-refractivity contribution in [2.75, 3.05) is 6.35 Å². The summed E-state index contributed by atoms with van der Waals surface area (Å²) >= 11 is 0. The van der Waals surface area contributed by atoms with Gasteiger partial charge in [0, 0.05) is 24.7 Å². The van der Waals surface area contributed by atoms with Crippen molar-refractivity contribution in [3.63, 3.8) is 0 Å². The number of esters is 2.